The first kappa shape index (κ1) is 20.6. The van der Waals surface area contributed by atoms with Crippen LogP contribution < -0.4 is 14.2 Å². The lowest BCUT2D eigenvalue weighted by Gasteiger charge is -2.24. The van der Waals surface area contributed by atoms with Crippen LogP contribution in [0.5, 0.6) is 17.2 Å². The first-order valence-electron chi connectivity index (χ1n) is 9.09. The number of aryl methyl sites for hydroxylation is 2. The van der Waals surface area contributed by atoms with Crippen molar-refractivity contribution in [3.05, 3.63) is 53.1 Å². The van der Waals surface area contributed by atoms with E-state index in [0.29, 0.717) is 24.5 Å². The molecule has 5 heteroatoms. The third-order valence-corrected chi connectivity index (χ3v) is 4.65. The smallest absolute Gasteiger partial charge is 0.263 e. The second kappa shape index (κ2) is 9.31. The molecule has 2 aromatic carbocycles. The summed E-state index contributed by atoms with van der Waals surface area (Å²) in [6.07, 6.45) is 0.0828. The molecule has 0 radical (unpaired) electrons. The number of hydrogen-bond acceptors (Lipinski definition) is 4. The zero-order chi connectivity index (χ0) is 20.0. The molecule has 0 spiro atoms. The second-order valence-electron chi connectivity index (χ2n) is 6.64. The highest BCUT2D eigenvalue weighted by Gasteiger charge is 2.23. The van der Waals surface area contributed by atoms with E-state index in [4.69, 9.17) is 14.2 Å². The summed E-state index contributed by atoms with van der Waals surface area (Å²) >= 11 is 0. The van der Waals surface area contributed by atoms with Crippen molar-refractivity contribution in [3.8, 4) is 17.2 Å². The van der Waals surface area contributed by atoms with E-state index in [-0.39, 0.29) is 5.91 Å². The lowest BCUT2D eigenvalue weighted by atomic mass is 10.1. The SMILES string of the molecule is CC[C@H](Oc1ccc(C)c(C)c1)C(=O)N(C)Cc1ccc(OC)c(OC)c1. The Morgan fingerprint density at radius 3 is 2.30 bits per heavy atom. The van der Waals surface area contributed by atoms with Crippen LogP contribution in [-0.2, 0) is 11.3 Å². The van der Waals surface area contributed by atoms with Crippen LogP contribution in [0.25, 0.3) is 0 Å². The summed E-state index contributed by atoms with van der Waals surface area (Å²) in [6.45, 7) is 6.51. The largest absolute Gasteiger partial charge is 0.493 e. The Labute approximate surface area is 161 Å². The number of hydrogen-bond donors (Lipinski definition) is 0. The molecule has 0 aromatic heterocycles. The standard InChI is InChI=1S/C22H29NO4/c1-7-19(27-18-10-8-15(2)16(3)12-18)22(24)23(4)14-17-9-11-20(25-5)21(13-17)26-6/h8-13,19H,7,14H2,1-6H3/t19-/m0/s1. The van der Waals surface area contributed by atoms with Crippen molar-refractivity contribution in [2.45, 2.75) is 39.8 Å². The summed E-state index contributed by atoms with van der Waals surface area (Å²) in [4.78, 5) is 14.5. The summed E-state index contributed by atoms with van der Waals surface area (Å²) in [5, 5.41) is 0. The number of methoxy groups -OCH3 is 2. The van der Waals surface area contributed by atoms with Gasteiger partial charge in [0, 0.05) is 13.6 Å². The summed E-state index contributed by atoms with van der Waals surface area (Å²) < 4.78 is 16.6. The van der Waals surface area contributed by atoms with Gasteiger partial charge in [0.15, 0.2) is 17.6 Å². The minimum absolute atomic E-state index is 0.0505. The topological polar surface area (TPSA) is 48.0 Å². The molecule has 0 bridgehead atoms. The van der Waals surface area contributed by atoms with Gasteiger partial charge < -0.3 is 19.1 Å². The molecule has 0 heterocycles. The molecule has 0 aliphatic carbocycles. The maximum absolute atomic E-state index is 12.9. The Bertz CT molecular complexity index is 788. The Morgan fingerprint density at radius 1 is 1.00 bits per heavy atom. The van der Waals surface area contributed by atoms with Gasteiger partial charge in [-0.15, -0.1) is 0 Å². The van der Waals surface area contributed by atoms with Gasteiger partial charge in [-0.1, -0.05) is 19.1 Å². The van der Waals surface area contributed by atoms with Gasteiger partial charge in [0.05, 0.1) is 14.2 Å². The van der Waals surface area contributed by atoms with Crippen LogP contribution in [0.4, 0.5) is 0 Å². The fourth-order valence-electron chi connectivity index (χ4n) is 2.84. The van der Waals surface area contributed by atoms with Crippen molar-refractivity contribution in [2.75, 3.05) is 21.3 Å². The van der Waals surface area contributed by atoms with Gasteiger partial charge in [-0.2, -0.15) is 0 Å². The maximum Gasteiger partial charge on any atom is 0.263 e. The van der Waals surface area contributed by atoms with Crippen molar-refractivity contribution >= 4 is 5.91 Å². The first-order valence-corrected chi connectivity index (χ1v) is 9.09. The van der Waals surface area contributed by atoms with Crippen LogP contribution in [-0.4, -0.2) is 38.2 Å². The third-order valence-electron chi connectivity index (χ3n) is 4.65. The van der Waals surface area contributed by atoms with E-state index >= 15 is 0 Å². The Morgan fingerprint density at radius 2 is 1.70 bits per heavy atom. The monoisotopic (exact) mass is 371 g/mol. The Kier molecular flexibility index (Phi) is 7.11. The minimum atomic E-state index is -0.516. The molecule has 0 saturated carbocycles. The van der Waals surface area contributed by atoms with Gasteiger partial charge in [0.25, 0.3) is 5.91 Å². The molecule has 0 fully saturated rings. The predicted octanol–water partition coefficient (Wildman–Crippen LogP) is 4.14. The fraction of sp³-hybridized carbons (Fsp3) is 0.409. The van der Waals surface area contributed by atoms with Crippen LogP contribution in [0.2, 0.25) is 0 Å². The van der Waals surface area contributed by atoms with E-state index in [9.17, 15) is 4.79 Å². The van der Waals surface area contributed by atoms with E-state index in [2.05, 4.69) is 6.92 Å². The molecule has 2 rings (SSSR count). The highest BCUT2D eigenvalue weighted by molar-refractivity contribution is 5.81. The molecule has 146 valence electrons. The van der Waals surface area contributed by atoms with Crippen LogP contribution in [0, 0.1) is 13.8 Å². The van der Waals surface area contributed by atoms with E-state index in [1.807, 2.05) is 50.2 Å². The summed E-state index contributed by atoms with van der Waals surface area (Å²) in [7, 11) is 4.98. The van der Waals surface area contributed by atoms with E-state index in [1.54, 1.807) is 26.2 Å². The van der Waals surface area contributed by atoms with Crippen molar-refractivity contribution in [1.29, 1.82) is 0 Å². The zero-order valence-electron chi connectivity index (χ0n) is 17.0. The number of carbonyl (C=O) groups is 1. The van der Waals surface area contributed by atoms with E-state index in [0.717, 1.165) is 16.9 Å². The molecule has 0 aliphatic heterocycles. The second-order valence-corrected chi connectivity index (χ2v) is 6.64. The number of carbonyl (C=O) groups excluding carboxylic acids is 1. The molecule has 1 amide bonds. The maximum atomic E-state index is 12.9. The van der Waals surface area contributed by atoms with Gasteiger partial charge in [0.2, 0.25) is 0 Å². The molecular weight excluding hydrogens is 342 g/mol. The summed E-state index contributed by atoms with van der Waals surface area (Å²) in [5.74, 6) is 1.98. The zero-order valence-corrected chi connectivity index (χ0v) is 17.0. The van der Waals surface area contributed by atoms with Crippen molar-refractivity contribution in [2.24, 2.45) is 0 Å². The van der Waals surface area contributed by atoms with Gasteiger partial charge >= 0.3 is 0 Å². The number of ether oxygens (including phenoxy) is 3. The number of benzene rings is 2. The summed E-state index contributed by atoms with van der Waals surface area (Å²) in [6, 6.07) is 11.5. The van der Waals surface area contributed by atoms with Crippen LogP contribution in [0.1, 0.15) is 30.0 Å². The molecule has 27 heavy (non-hydrogen) atoms. The average molecular weight is 371 g/mol. The Hall–Kier alpha value is -2.69. The van der Waals surface area contributed by atoms with Crippen molar-refractivity contribution in [3.63, 3.8) is 0 Å². The lowest BCUT2D eigenvalue weighted by Crippen LogP contribution is -2.39. The molecule has 5 nitrogen and oxygen atoms in total. The summed E-state index contributed by atoms with van der Waals surface area (Å²) in [5.41, 5.74) is 3.31. The molecule has 2 aromatic rings. The van der Waals surface area contributed by atoms with Crippen molar-refractivity contribution < 1.29 is 19.0 Å². The first-order chi connectivity index (χ1) is 12.9. The number of rotatable bonds is 8. The van der Waals surface area contributed by atoms with E-state index < -0.39 is 6.10 Å². The highest BCUT2D eigenvalue weighted by Crippen LogP contribution is 2.28. The quantitative estimate of drug-likeness (QED) is 0.700. The van der Waals surface area contributed by atoms with Crippen LogP contribution in [0.3, 0.4) is 0 Å². The molecule has 0 N–H and O–H groups in total. The molecule has 0 aliphatic rings. The number of nitrogens with zero attached hydrogens (tertiary/aromatic N) is 1. The average Bonchev–Trinajstić information content (AvgIpc) is 2.68. The van der Waals surface area contributed by atoms with Crippen LogP contribution >= 0.6 is 0 Å². The van der Waals surface area contributed by atoms with E-state index in [1.165, 1.54) is 5.56 Å². The predicted molar refractivity (Wildman–Crippen MR) is 107 cm³/mol. The minimum Gasteiger partial charge on any atom is -0.493 e. The molecule has 0 saturated heterocycles. The van der Waals surface area contributed by atoms with Gasteiger partial charge in [-0.05, 0) is 61.2 Å². The number of likely N-dealkylation sites (N-methyl/N-ethyl adjacent to an activating group) is 1. The third kappa shape index (κ3) is 5.16. The van der Waals surface area contributed by atoms with Gasteiger partial charge in [-0.25, -0.2) is 0 Å². The lowest BCUT2D eigenvalue weighted by molar-refractivity contribution is -0.138. The molecule has 1 atom stereocenters. The highest BCUT2D eigenvalue weighted by atomic mass is 16.5. The number of amides is 1. The van der Waals surface area contributed by atoms with Gasteiger partial charge in [0.1, 0.15) is 5.75 Å². The normalized spacial score (nSPS) is 11.6. The molecular formula is C22H29NO4. The van der Waals surface area contributed by atoms with Crippen molar-refractivity contribution in [1.82, 2.24) is 4.90 Å². The molecule has 0 unspecified atom stereocenters. The van der Waals surface area contributed by atoms with Gasteiger partial charge in [-0.3, -0.25) is 4.79 Å². The van der Waals surface area contributed by atoms with Crippen LogP contribution in [0.15, 0.2) is 36.4 Å². The Balaban J connectivity index is 2.08. The fourth-order valence-corrected chi connectivity index (χ4v) is 2.84.